The molecule has 0 aliphatic rings. The summed E-state index contributed by atoms with van der Waals surface area (Å²) >= 11 is 0. The molecule has 0 aliphatic heterocycles. The molecule has 2 rings (SSSR count). The molecule has 2 aromatic carbocycles. The number of methoxy groups -OCH3 is 1. The molecular weight excluding hydrogens is 350 g/mol. The van der Waals surface area contributed by atoms with Crippen molar-refractivity contribution in [2.24, 2.45) is 0 Å². The molecule has 8 nitrogen and oxygen atoms in total. The quantitative estimate of drug-likeness (QED) is 0.644. The number of carbonyl (C=O) groups is 3. The number of nitrogens with one attached hydrogen (secondary N) is 3. The van der Waals surface area contributed by atoms with Crippen molar-refractivity contribution < 1.29 is 23.9 Å². The Labute approximate surface area is 156 Å². The molecule has 0 spiro atoms. The highest BCUT2D eigenvalue weighted by Crippen LogP contribution is 2.16. The van der Waals surface area contributed by atoms with Crippen LogP contribution in [0.25, 0.3) is 0 Å². The van der Waals surface area contributed by atoms with Crippen molar-refractivity contribution in [2.45, 2.75) is 6.92 Å². The first-order valence-corrected chi connectivity index (χ1v) is 8.27. The Kier molecular flexibility index (Phi) is 7.18. The average Bonchev–Trinajstić information content (AvgIpc) is 2.68. The van der Waals surface area contributed by atoms with E-state index in [4.69, 9.17) is 9.47 Å². The van der Waals surface area contributed by atoms with Gasteiger partial charge in [-0.3, -0.25) is 14.4 Å². The molecule has 142 valence electrons. The summed E-state index contributed by atoms with van der Waals surface area (Å²) in [6, 6.07) is 13.3. The summed E-state index contributed by atoms with van der Waals surface area (Å²) in [6.07, 6.45) is 0. The van der Waals surface area contributed by atoms with Crippen LogP contribution in [0, 0.1) is 0 Å². The van der Waals surface area contributed by atoms with Crippen LogP contribution in [0.3, 0.4) is 0 Å². The number of carbonyl (C=O) groups excluding carboxylic acids is 3. The van der Waals surface area contributed by atoms with Crippen LogP contribution in [0.1, 0.15) is 6.92 Å². The predicted octanol–water partition coefficient (Wildman–Crippen LogP) is 1.79. The molecule has 0 aromatic heterocycles. The highest BCUT2D eigenvalue weighted by atomic mass is 16.5. The van der Waals surface area contributed by atoms with Crippen molar-refractivity contribution in [1.82, 2.24) is 5.32 Å². The number of benzene rings is 2. The van der Waals surface area contributed by atoms with Crippen molar-refractivity contribution in [3.63, 3.8) is 0 Å². The fourth-order valence-electron chi connectivity index (χ4n) is 2.11. The molecule has 3 N–H and O–H groups in total. The third-order valence-electron chi connectivity index (χ3n) is 3.41. The van der Waals surface area contributed by atoms with Gasteiger partial charge >= 0.3 is 11.8 Å². The zero-order valence-electron chi connectivity index (χ0n) is 15.1. The van der Waals surface area contributed by atoms with Gasteiger partial charge in [-0.1, -0.05) is 0 Å². The molecule has 2 aromatic rings. The minimum atomic E-state index is -0.910. The SMILES string of the molecule is CCOc1ccc(NC(=O)CNC(=O)C(=O)Nc2ccc(OC)cc2)cc1. The van der Waals surface area contributed by atoms with Crippen molar-refractivity contribution in [3.05, 3.63) is 48.5 Å². The van der Waals surface area contributed by atoms with Crippen molar-refractivity contribution >= 4 is 29.1 Å². The average molecular weight is 371 g/mol. The number of rotatable bonds is 7. The van der Waals surface area contributed by atoms with Gasteiger partial charge in [0.1, 0.15) is 11.5 Å². The van der Waals surface area contributed by atoms with Crippen LogP contribution in [0.5, 0.6) is 11.5 Å². The largest absolute Gasteiger partial charge is 0.497 e. The van der Waals surface area contributed by atoms with Gasteiger partial charge in [-0.15, -0.1) is 0 Å². The third-order valence-corrected chi connectivity index (χ3v) is 3.41. The highest BCUT2D eigenvalue weighted by Gasteiger charge is 2.15. The van der Waals surface area contributed by atoms with E-state index in [2.05, 4.69) is 16.0 Å². The van der Waals surface area contributed by atoms with Crippen LogP contribution in [0.15, 0.2) is 48.5 Å². The van der Waals surface area contributed by atoms with Crippen molar-refractivity contribution in [1.29, 1.82) is 0 Å². The van der Waals surface area contributed by atoms with E-state index in [1.54, 1.807) is 48.5 Å². The van der Waals surface area contributed by atoms with E-state index in [9.17, 15) is 14.4 Å². The molecule has 0 aliphatic carbocycles. The summed E-state index contributed by atoms with van der Waals surface area (Å²) in [6.45, 7) is 2.10. The fraction of sp³-hybridized carbons (Fsp3) is 0.211. The van der Waals surface area contributed by atoms with Crippen molar-refractivity contribution in [2.75, 3.05) is 30.9 Å². The van der Waals surface area contributed by atoms with E-state index in [1.807, 2.05) is 6.92 Å². The van der Waals surface area contributed by atoms with Crippen LogP contribution in [-0.4, -0.2) is 38.0 Å². The van der Waals surface area contributed by atoms with Gasteiger partial charge in [-0.2, -0.15) is 0 Å². The van der Waals surface area contributed by atoms with Gasteiger partial charge < -0.3 is 25.4 Å². The van der Waals surface area contributed by atoms with Crippen LogP contribution in [0.2, 0.25) is 0 Å². The van der Waals surface area contributed by atoms with E-state index < -0.39 is 17.7 Å². The Hall–Kier alpha value is -3.55. The zero-order chi connectivity index (χ0) is 19.6. The first kappa shape index (κ1) is 19.8. The monoisotopic (exact) mass is 371 g/mol. The van der Waals surface area contributed by atoms with Crippen LogP contribution in [-0.2, 0) is 14.4 Å². The lowest BCUT2D eigenvalue weighted by atomic mass is 10.3. The van der Waals surface area contributed by atoms with E-state index in [0.717, 1.165) is 0 Å². The van der Waals surface area contributed by atoms with E-state index in [-0.39, 0.29) is 6.54 Å². The number of ether oxygens (including phenoxy) is 2. The second-order valence-electron chi connectivity index (χ2n) is 5.37. The maximum atomic E-state index is 11.9. The van der Waals surface area contributed by atoms with Crippen LogP contribution in [0.4, 0.5) is 11.4 Å². The molecule has 27 heavy (non-hydrogen) atoms. The lowest BCUT2D eigenvalue weighted by Gasteiger charge is -2.09. The molecule has 0 radical (unpaired) electrons. The van der Waals surface area contributed by atoms with Gasteiger partial charge in [0, 0.05) is 11.4 Å². The van der Waals surface area contributed by atoms with Gasteiger partial charge in [-0.25, -0.2) is 0 Å². The van der Waals surface area contributed by atoms with Gasteiger partial charge in [0.15, 0.2) is 0 Å². The highest BCUT2D eigenvalue weighted by molar-refractivity contribution is 6.39. The summed E-state index contributed by atoms with van der Waals surface area (Å²) in [4.78, 5) is 35.5. The normalized spacial score (nSPS) is 9.85. The maximum Gasteiger partial charge on any atom is 0.313 e. The Bertz CT molecular complexity index is 788. The van der Waals surface area contributed by atoms with E-state index >= 15 is 0 Å². The summed E-state index contributed by atoms with van der Waals surface area (Å²) in [7, 11) is 1.53. The van der Waals surface area contributed by atoms with Gasteiger partial charge in [0.2, 0.25) is 5.91 Å². The fourth-order valence-corrected chi connectivity index (χ4v) is 2.11. The van der Waals surface area contributed by atoms with Gasteiger partial charge in [0.25, 0.3) is 0 Å². The molecule has 0 bridgehead atoms. The first-order valence-electron chi connectivity index (χ1n) is 8.27. The zero-order valence-corrected chi connectivity index (χ0v) is 15.1. The summed E-state index contributed by atoms with van der Waals surface area (Å²) in [5, 5.41) is 7.31. The second-order valence-corrected chi connectivity index (χ2v) is 5.37. The summed E-state index contributed by atoms with van der Waals surface area (Å²) in [5.74, 6) is -0.908. The first-order chi connectivity index (χ1) is 13.0. The van der Waals surface area contributed by atoms with E-state index in [0.29, 0.717) is 29.5 Å². The molecule has 3 amide bonds. The van der Waals surface area contributed by atoms with Gasteiger partial charge in [0.05, 0.1) is 20.3 Å². The standard InChI is InChI=1S/C19H21N3O5/c1-3-27-16-10-6-13(7-11-16)21-17(23)12-20-18(24)19(25)22-14-4-8-15(26-2)9-5-14/h4-11H,3,12H2,1-2H3,(H,20,24)(H,21,23)(H,22,25). The van der Waals surface area contributed by atoms with Crippen LogP contribution < -0.4 is 25.4 Å². The molecule has 0 saturated carbocycles. The van der Waals surface area contributed by atoms with E-state index in [1.165, 1.54) is 7.11 Å². The Morgan fingerprint density at radius 3 is 1.93 bits per heavy atom. The summed E-state index contributed by atoms with van der Waals surface area (Å²) < 4.78 is 10.3. The molecule has 8 heteroatoms. The smallest absolute Gasteiger partial charge is 0.313 e. The molecule has 0 unspecified atom stereocenters. The minimum absolute atomic E-state index is 0.331. The maximum absolute atomic E-state index is 11.9. The van der Waals surface area contributed by atoms with Crippen LogP contribution >= 0.6 is 0 Å². The predicted molar refractivity (Wildman–Crippen MR) is 101 cm³/mol. The third kappa shape index (κ3) is 6.35. The Morgan fingerprint density at radius 2 is 1.37 bits per heavy atom. The molecule has 0 saturated heterocycles. The second kappa shape index (κ2) is 9.81. The molecular formula is C19H21N3O5. The van der Waals surface area contributed by atoms with Crippen molar-refractivity contribution in [3.8, 4) is 11.5 Å². The Morgan fingerprint density at radius 1 is 0.815 bits per heavy atom. The lowest BCUT2D eigenvalue weighted by Crippen LogP contribution is -2.39. The molecule has 0 heterocycles. The number of amides is 3. The Balaban J connectivity index is 1.77. The topological polar surface area (TPSA) is 106 Å². The molecule has 0 fully saturated rings. The van der Waals surface area contributed by atoms with Gasteiger partial charge in [-0.05, 0) is 55.5 Å². The number of hydrogen-bond acceptors (Lipinski definition) is 5. The number of anilines is 2. The minimum Gasteiger partial charge on any atom is -0.497 e. The number of hydrogen-bond donors (Lipinski definition) is 3. The molecule has 0 atom stereocenters. The summed E-state index contributed by atoms with van der Waals surface area (Å²) in [5.41, 5.74) is 0.996. The lowest BCUT2D eigenvalue weighted by molar-refractivity contribution is -0.136.